The zero-order chi connectivity index (χ0) is 12.8. The zero-order valence-corrected chi connectivity index (χ0v) is 10.4. The first-order chi connectivity index (χ1) is 8.06. The molecule has 0 aliphatic carbocycles. The Morgan fingerprint density at radius 3 is 2.82 bits per heavy atom. The number of nitrogens with two attached hydrogens (primary N) is 1. The van der Waals surface area contributed by atoms with E-state index in [1.165, 1.54) is 12.1 Å². The fourth-order valence-electron chi connectivity index (χ4n) is 1.43. The van der Waals surface area contributed by atoms with Crippen molar-refractivity contribution in [1.29, 1.82) is 0 Å². The normalized spacial score (nSPS) is 10.0. The van der Waals surface area contributed by atoms with Crippen LogP contribution in [0.25, 0.3) is 0 Å². The summed E-state index contributed by atoms with van der Waals surface area (Å²) in [5.74, 6) is -0.680. The van der Waals surface area contributed by atoms with Gasteiger partial charge in [0.2, 0.25) is 5.91 Å². The van der Waals surface area contributed by atoms with Crippen molar-refractivity contribution in [1.82, 2.24) is 0 Å². The van der Waals surface area contributed by atoms with Gasteiger partial charge in [0, 0.05) is 6.42 Å². The van der Waals surface area contributed by atoms with Crippen LogP contribution in [0.3, 0.4) is 0 Å². The number of rotatable bonds is 5. The SMILES string of the molecule is CCCCC(=O)Nc1cccc(F)c1C(N)=S. The molecule has 0 bridgehead atoms. The lowest BCUT2D eigenvalue weighted by atomic mass is 10.1. The van der Waals surface area contributed by atoms with Crippen LogP contribution in [0.1, 0.15) is 31.7 Å². The number of hydrogen-bond acceptors (Lipinski definition) is 2. The largest absolute Gasteiger partial charge is 0.389 e. The van der Waals surface area contributed by atoms with Crippen LogP contribution in [0.5, 0.6) is 0 Å². The number of carbonyl (C=O) groups excluding carboxylic acids is 1. The van der Waals surface area contributed by atoms with Crippen LogP contribution >= 0.6 is 12.2 Å². The van der Waals surface area contributed by atoms with Gasteiger partial charge in [0.15, 0.2) is 0 Å². The summed E-state index contributed by atoms with van der Waals surface area (Å²) in [6, 6.07) is 4.35. The lowest BCUT2D eigenvalue weighted by Crippen LogP contribution is -2.18. The van der Waals surface area contributed by atoms with E-state index < -0.39 is 5.82 Å². The van der Waals surface area contributed by atoms with Gasteiger partial charge in [-0.2, -0.15) is 0 Å². The molecule has 5 heteroatoms. The molecule has 3 N–H and O–H groups in total. The highest BCUT2D eigenvalue weighted by Gasteiger charge is 2.12. The molecule has 0 saturated heterocycles. The molecule has 1 aromatic carbocycles. The van der Waals surface area contributed by atoms with E-state index in [4.69, 9.17) is 18.0 Å². The molecule has 17 heavy (non-hydrogen) atoms. The van der Waals surface area contributed by atoms with Gasteiger partial charge in [-0.25, -0.2) is 4.39 Å². The second-order valence-corrected chi connectivity index (χ2v) is 4.12. The smallest absolute Gasteiger partial charge is 0.224 e. The Kier molecular flexibility index (Phi) is 5.03. The second-order valence-electron chi connectivity index (χ2n) is 3.68. The molecule has 0 unspecified atom stereocenters. The molecule has 0 atom stereocenters. The summed E-state index contributed by atoms with van der Waals surface area (Å²) in [6.45, 7) is 2.00. The van der Waals surface area contributed by atoms with Crippen molar-refractivity contribution in [2.75, 3.05) is 5.32 Å². The molecule has 92 valence electrons. The number of halogens is 1. The van der Waals surface area contributed by atoms with Crippen LogP contribution in [-0.2, 0) is 4.79 Å². The predicted molar refractivity (Wildman–Crippen MR) is 70.4 cm³/mol. The third-order valence-corrected chi connectivity index (χ3v) is 2.50. The molecule has 1 aromatic rings. The van der Waals surface area contributed by atoms with Crippen molar-refractivity contribution < 1.29 is 9.18 Å². The molecule has 1 amide bonds. The third kappa shape index (κ3) is 3.78. The number of unbranched alkanes of at least 4 members (excludes halogenated alkanes) is 1. The molecule has 0 radical (unpaired) electrons. The number of nitrogens with one attached hydrogen (secondary N) is 1. The predicted octanol–water partition coefficient (Wildman–Crippen LogP) is 2.59. The maximum Gasteiger partial charge on any atom is 0.224 e. The molecule has 0 heterocycles. The second kappa shape index (κ2) is 6.30. The van der Waals surface area contributed by atoms with Gasteiger partial charge in [-0.15, -0.1) is 0 Å². The highest BCUT2D eigenvalue weighted by atomic mass is 32.1. The fraction of sp³-hybridized carbons (Fsp3) is 0.333. The summed E-state index contributed by atoms with van der Waals surface area (Å²) in [7, 11) is 0. The van der Waals surface area contributed by atoms with Gasteiger partial charge in [0.25, 0.3) is 0 Å². The summed E-state index contributed by atoms with van der Waals surface area (Å²) in [5, 5.41) is 2.62. The van der Waals surface area contributed by atoms with Gasteiger partial charge in [-0.3, -0.25) is 4.79 Å². The van der Waals surface area contributed by atoms with E-state index in [0.717, 1.165) is 12.8 Å². The zero-order valence-electron chi connectivity index (χ0n) is 9.63. The van der Waals surface area contributed by atoms with E-state index in [2.05, 4.69) is 5.32 Å². The number of amides is 1. The average molecular weight is 254 g/mol. The van der Waals surface area contributed by atoms with Gasteiger partial charge in [0.1, 0.15) is 10.8 Å². The summed E-state index contributed by atoms with van der Waals surface area (Å²) < 4.78 is 13.5. The lowest BCUT2D eigenvalue weighted by molar-refractivity contribution is -0.116. The number of benzene rings is 1. The molecule has 1 rings (SSSR count). The van der Waals surface area contributed by atoms with Crippen molar-refractivity contribution in [2.45, 2.75) is 26.2 Å². The maximum atomic E-state index is 13.5. The monoisotopic (exact) mass is 254 g/mol. The van der Waals surface area contributed by atoms with E-state index in [1.54, 1.807) is 6.07 Å². The number of thiocarbonyl (C=S) groups is 1. The maximum absolute atomic E-state index is 13.5. The molecule has 0 aliphatic rings. The standard InChI is InChI=1S/C12H15FN2OS/c1-2-3-7-10(16)15-9-6-4-5-8(13)11(9)12(14)17/h4-6H,2-3,7H2,1H3,(H2,14,17)(H,15,16). The van der Waals surface area contributed by atoms with Crippen molar-refractivity contribution >= 4 is 28.8 Å². The third-order valence-electron chi connectivity index (χ3n) is 2.29. The average Bonchev–Trinajstić information content (AvgIpc) is 2.25. The van der Waals surface area contributed by atoms with E-state index in [9.17, 15) is 9.18 Å². The van der Waals surface area contributed by atoms with Gasteiger partial charge in [-0.05, 0) is 18.6 Å². The minimum atomic E-state index is -0.522. The lowest BCUT2D eigenvalue weighted by Gasteiger charge is -2.10. The minimum absolute atomic E-state index is 0.0612. The summed E-state index contributed by atoms with van der Waals surface area (Å²) in [5.41, 5.74) is 5.85. The quantitative estimate of drug-likeness (QED) is 0.794. The van der Waals surface area contributed by atoms with Crippen LogP contribution in [0.4, 0.5) is 10.1 Å². The van der Waals surface area contributed by atoms with Crippen LogP contribution in [0.2, 0.25) is 0 Å². The summed E-state index contributed by atoms with van der Waals surface area (Å²) in [6.07, 6.45) is 2.13. The Bertz CT molecular complexity index is 435. The Labute approximate surface area is 105 Å². The van der Waals surface area contributed by atoms with Crippen LogP contribution < -0.4 is 11.1 Å². The molecule has 0 aromatic heterocycles. The van der Waals surface area contributed by atoms with Crippen LogP contribution in [-0.4, -0.2) is 10.9 Å². The van der Waals surface area contributed by atoms with Crippen LogP contribution in [0.15, 0.2) is 18.2 Å². The van der Waals surface area contributed by atoms with Crippen molar-refractivity contribution in [2.24, 2.45) is 5.73 Å². The van der Waals surface area contributed by atoms with Crippen LogP contribution in [0, 0.1) is 5.82 Å². The Morgan fingerprint density at radius 1 is 1.53 bits per heavy atom. The van der Waals surface area contributed by atoms with Gasteiger partial charge in [0.05, 0.1) is 11.3 Å². The van der Waals surface area contributed by atoms with E-state index in [1.807, 2.05) is 6.92 Å². The van der Waals surface area contributed by atoms with Gasteiger partial charge >= 0.3 is 0 Å². The summed E-state index contributed by atoms with van der Waals surface area (Å²) in [4.78, 5) is 11.5. The molecular formula is C12H15FN2OS. The first kappa shape index (κ1) is 13.6. The number of anilines is 1. The minimum Gasteiger partial charge on any atom is -0.389 e. The number of carbonyl (C=O) groups is 1. The highest BCUT2D eigenvalue weighted by molar-refractivity contribution is 7.80. The van der Waals surface area contributed by atoms with Crippen molar-refractivity contribution in [3.8, 4) is 0 Å². The van der Waals surface area contributed by atoms with E-state index in [-0.39, 0.29) is 16.5 Å². The molecule has 3 nitrogen and oxygen atoms in total. The van der Waals surface area contributed by atoms with E-state index in [0.29, 0.717) is 12.1 Å². The van der Waals surface area contributed by atoms with Gasteiger partial charge in [-0.1, -0.05) is 31.6 Å². The fourth-order valence-corrected chi connectivity index (χ4v) is 1.64. The highest BCUT2D eigenvalue weighted by Crippen LogP contribution is 2.19. The molecular weight excluding hydrogens is 239 g/mol. The van der Waals surface area contributed by atoms with Crippen molar-refractivity contribution in [3.63, 3.8) is 0 Å². The van der Waals surface area contributed by atoms with Gasteiger partial charge < -0.3 is 11.1 Å². The Morgan fingerprint density at radius 2 is 2.24 bits per heavy atom. The molecule has 0 spiro atoms. The Hall–Kier alpha value is -1.49. The molecule has 0 fully saturated rings. The first-order valence-corrected chi connectivity index (χ1v) is 5.85. The first-order valence-electron chi connectivity index (χ1n) is 5.44. The van der Waals surface area contributed by atoms with E-state index >= 15 is 0 Å². The molecule has 0 aliphatic heterocycles. The molecule has 0 saturated carbocycles. The van der Waals surface area contributed by atoms with Crippen molar-refractivity contribution in [3.05, 3.63) is 29.6 Å². The summed E-state index contributed by atoms with van der Waals surface area (Å²) >= 11 is 4.76. The topological polar surface area (TPSA) is 55.1 Å². The Balaban J connectivity index is 2.87. The number of hydrogen-bond donors (Lipinski definition) is 2.